The van der Waals surface area contributed by atoms with E-state index in [1.54, 1.807) is 10.9 Å². The summed E-state index contributed by atoms with van der Waals surface area (Å²) in [5, 5.41) is 4.04. The van der Waals surface area contributed by atoms with E-state index in [1.807, 2.05) is 13.1 Å². The second-order valence-corrected chi connectivity index (χ2v) is 4.63. The maximum Gasteiger partial charge on any atom is 0.183 e. The van der Waals surface area contributed by atoms with E-state index < -0.39 is 0 Å². The number of fused-ring (bicyclic) bond motifs is 1. The fourth-order valence-electron chi connectivity index (χ4n) is 2.75. The topological polar surface area (TPSA) is 34.9 Å². The van der Waals surface area contributed by atoms with Gasteiger partial charge in [0.25, 0.3) is 0 Å². The molecule has 2 atom stereocenters. The van der Waals surface area contributed by atoms with Crippen LogP contribution in [0.15, 0.2) is 12.3 Å². The molecule has 74 valence electrons. The fraction of sp³-hybridized carbons (Fsp3) is 0.636. The predicted octanol–water partition coefficient (Wildman–Crippen LogP) is 1.65. The summed E-state index contributed by atoms with van der Waals surface area (Å²) in [6.45, 7) is 0. The van der Waals surface area contributed by atoms with E-state index in [-0.39, 0.29) is 5.92 Å². The highest BCUT2D eigenvalue weighted by molar-refractivity contribution is 5.96. The van der Waals surface area contributed by atoms with Gasteiger partial charge in [-0.1, -0.05) is 0 Å². The molecule has 0 aliphatic heterocycles. The number of Topliss-reactive ketones (excluding diaryl/α,β-unsaturated/α-hetero) is 1. The van der Waals surface area contributed by atoms with Gasteiger partial charge >= 0.3 is 0 Å². The minimum atomic E-state index is 0.286. The lowest BCUT2D eigenvalue weighted by Gasteiger charge is -2.09. The molecule has 3 rings (SSSR count). The monoisotopic (exact) mass is 190 g/mol. The molecule has 3 nitrogen and oxygen atoms in total. The number of ketones is 1. The quantitative estimate of drug-likeness (QED) is 0.664. The number of aryl methyl sites for hydroxylation is 1. The van der Waals surface area contributed by atoms with Crippen LogP contribution in [0.2, 0.25) is 0 Å². The minimum absolute atomic E-state index is 0.286. The van der Waals surface area contributed by atoms with Gasteiger partial charge in [0.15, 0.2) is 5.78 Å². The van der Waals surface area contributed by atoms with Crippen LogP contribution in [0.1, 0.15) is 29.8 Å². The first-order chi connectivity index (χ1) is 6.75. The Morgan fingerprint density at radius 2 is 2.14 bits per heavy atom. The van der Waals surface area contributed by atoms with Crippen LogP contribution < -0.4 is 0 Å². The van der Waals surface area contributed by atoms with Gasteiger partial charge in [-0.2, -0.15) is 5.10 Å². The van der Waals surface area contributed by atoms with Crippen LogP contribution in [0.3, 0.4) is 0 Å². The van der Waals surface area contributed by atoms with Crippen molar-refractivity contribution in [2.24, 2.45) is 24.8 Å². The van der Waals surface area contributed by atoms with E-state index in [2.05, 4.69) is 5.10 Å². The van der Waals surface area contributed by atoms with Gasteiger partial charge < -0.3 is 0 Å². The zero-order chi connectivity index (χ0) is 9.71. The Labute approximate surface area is 83.1 Å². The van der Waals surface area contributed by atoms with Crippen LogP contribution in [0.25, 0.3) is 0 Å². The number of hydrogen-bond acceptors (Lipinski definition) is 2. The lowest BCUT2D eigenvalue weighted by molar-refractivity contribution is 0.0904. The van der Waals surface area contributed by atoms with Gasteiger partial charge in [-0.05, 0) is 37.2 Å². The molecule has 2 aliphatic carbocycles. The number of aromatic nitrogens is 2. The van der Waals surface area contributed by atoms with Crippen molar-refractivity contribution in [3.63, 3.8) is 0 Å². The molecule has 0 aromatic carbocycles. The van der Waals surface area contributed by atoms with E-state index in [0.29, 0.717) is 5.78 Å². The first-order valence-electron chi connectivity index (χ1n) is 5.28. The van der Waals surface area contributed by atoms with E-state index in [0.717, 1.165) is 30.4 Å². The molecule has 1 aromatic rings. The molecule has 14 heavy (non-hydrogen) atoms. The Kier molecular flexibility index (Phi) is 1.58. The molecule has 1 aromatic heterocycles. The maximum absolute atomic E-state index is 12.0. The van der Waals surface area contributed by atoms with Crippen LogP contribution in [0.5, 0.6) is 0 Å². The molecular weight excluding hydrogens is 176 g/mol. The SMILES string of the molecule is Cn1nccc1C(=O)C1CC2CC2C1. The van der Waals surface area contributed by atoms with Gasteiger partial charge in [-0.25, -0.2) is 0 Å². The van der Waals surface area contributed by atoms with E-state index in [4.69, 9.17) is 0 Å². The summed E-state index contributed by atoms with van der Waals surface area (Å²) in [5.74, 6) is 2.33. The molecule has 0 spiro atoms. The van der Waals surface area contributed by atoms with Gasteiger partial charge in [-0.3, -0.25) is 9.48 Å². The zero-order valence-electron chi connectivity index (χ0n) is 8.31. The van der Waals surface area contributed by atoms with Gasteiger partial charge in [0.2, 0.25) is 0 Å². The molecule has 0 bridgehead atoms. The fourth-order valence-corrected chi connectivity index (χ4v) is 2.75. The zero-order valence-corrected chi connectivity index (χ0v) is 8.31. The highest BCUT2D eigenvalue weighted by Crippen LogP contribution is 2.54. The number of rotatable bonds is 2. The highest BCUT2D eigenvalue weighted by atomic mass is 16.1. The van der Waals surface area contributed by atoms with Gasteiger partial charge in [-0.15, -0.1) is 0 Å². The lowest BCUT2D eigenvalue weighted by Crippen LogP contribution is -2.16. The molecule has 0 N–H and O–H groups in total. The molecule has 3 heteroatoms. The molecule has 2 aliphatic rings. The van der Waals surface area contributed by atoms with Crippen molar-refractivity contribution in [3.8, 4) is 0 Å². The van der Waals surface area contributed by atoms with Crippen molar-refractivity contribution in [1.29, 1.82) is 0 Å². The second-order valence-electron chi connectivity index (χ2n) is 4.63. The molecule has 2 unspecified atom stereocenters. The molecule has 2 saturated carbocycles. The second kappa shape index (κ2) is 2.69. The first kappa shape index (κ1) is 8.21. The third-order valence-corrected chi connectivity index (χ3v) is 3.69. The van der Waals surface area contributed by atoms with Crippen molar-refractivity contribution < 1.29 is 4.79 Å². The Hall–Kier alpha value is -1.12. The average molecular weight is 190 g/mol. The molecule has 0 radical (unpaired) electrons. The van der Waals surface area contributed by atoms with E-state index in [1.165, 1.54) is 6.42 Å². The van der Waals surface area contributed by atoms with Gasteiger partial charge in [0.1, 0.15) is 5.69 Å². The Balaban J connectivity index is 1.79. The van der Waals surface area contributed by atoms with Gasteiger partial charge in [0.05, 0.1) is 0 Å². The predicted molar refractivity (Wildman–Crippen MR) is 51.9 cm³/mol. The largest absolute Gasteiger partial charge is 0.292 e. The molecular formula is C11H14N2O. The highest BCUT2D eigenvalue weighted by Gasteiger charge is 2.48. The van der Waals surface area contributed by atoms with E-state index in [9.17, 15) is 4.79 Å². The number of hydrogen-bond donors (Lipinski definition) is 0. The summed E-state index contributed by atoms with van der Waals surface area (Å²) >= 11 is 0. The summed E-state index contributed by atoms with van der Waals surface area (Å²) in [6, 6.07) is 1.83. The summed E-state index contributed by atoms with van der Waals surface area (Å²) in [5.41, 5.74) is 0.774. The van der Waals surface area contributed by atoms with Crippen LogP contribution in [0.4, 0.5) is 0 Å². The molecule has 1 heterocycles. The summed E-state index contributed by atoms with van der Waals surface area (Å²) in [6.07, 6.45) is 5.31. The van der Waals surface area contributed by atoms with Crippen molar-refractivity contribution in [2.75, 3.05) is 0 Å². The van der Waals surface area contributed by atoms with Crippen molar-refractivity contribution in [3.05, 3.63) is 18.0 Å². The molecule has 0 saturated heterocycles. The van der Waals surface area contributed by atoms with Crippen molar-refractivity contribution in [1.82, 2.24) is 9.78 Å². The lowest BCUT2D eigenvalue weighted by atomic mass is 9.96. The van der Waals surface area contributed by atoms with Gasteiger partial charge in [0, 0.05) is 19.2 Å². The number of nitrogens with zero attached hydrogens (tertiary/aromatic N) is 2. The Morgan fingerprint density at radius 1 is 1.43 bits per heavy atom. The molecule has 2 fully saturated rings. The normalized spacial score (nSPS) is 34.2. The average Bonchev–Trinajstić information content (AvgIpc) is 2.64. The van der Waals surface area contributed by atoms with Crippen molar-refractivity contribution in [2.45, 2.75) is 19.3 Å². The summed E-state index contributed by atoms with van der Waals surface area (Å²) < 4.78 is 1.69. The minimum Gasteiger partial charge on any atom is -0.292 e. The van der Waals surface area contributed by atoms with Crippen LogP contribution in [-0.2, 0) is 7.05 Å². The van der Waals surface area contributed by atoms with Crippen molar-refractivity contribution >= 4 is 5.78 Å². The smallest absolute Gasteiger partial charge is 0.183 e. The van der Waals surface area contributed by atoms with Crippen LogP contribution in [0, 0.1) is 17.8 Å². The maximum atomic E-state index is 12.0. The first-order valence-corrected chi connectivity index (χ1v) is 5.28. The summed E-state index contributed by atoms with van der Waals surface area (Å²) in [7, 11) is 1.84. The number of carbonyl (C=O) groups is 1. The number of carbonyl (C=O) groups excluding carboxylic acids is 1. The third-order valence-electron chi connectivity index (χ3n) is 3.69. The van der Waals surface area contributed by atoms with E-state index >= 15 is 0 Å². The van der Waals surface area contributed by atoms with Crippen LogP contribution in [-0.4, -0.2) is 15.6 Å². The molecule has 0 amide bonds. The summed E-state index contributed by atoms with van der Waals surface area (Å²) in [4.78, 5) is 12.0. The Morgan fingerprint density at radius 3 is 2.71 bits per heavy atom. The third kappa shape index (κ3) is 1.11. The van der Waals surface area contributed by atoms with Crippen LogP contribution >= 0.6 is 0 Å². The Bertz CT molecular complexity index is 372. The standard InChI is InChI=1S/C11H14N2O/c1-13-10(2-3-12-13)11(14)9-5-7-4-8(7)6-9/h2-3,7-9H,4-6H2,1H3.